The second-order valence-electron chi connectivity index (χ2n) is 5.66. The van der Waals surface area contributed by atoms with Gasteiger partial charge < -0.3 is 9.30 Å². The summed E-state index contributed by atoms with van der Waals surface area (Å²) in [7, 11) is 0. The van der Waals surface area contributed by atoms with Crippen LogP contribution in [0.1, 0.15) is 23.9 Å². The SMILES string of the molecule is CCOC(=O)/C(=C/c1ccccc1Br)c1nccn1Cc1ccccc1. The fraction of sp³-hybridized carbons (Fsp3) is 0.143. The zero-order chi connectivity index (χ0) is 18.4. The highest BCUT2D eigenvalue weighted by Gasteiger charge is 2.19. The number of hydrogen-bond acceptors (Lipinski definition) is 3. The van der Waals surface area contributed by atoms with Gasteiger partial charge in [-0.15, -0.1) is 0 Å². The topological polar surface area (TPSA) is 44.1 Å². The van der Waals surface area contributed by atoms with Gasteiger partial charge in [-0.25, -0.2) is 9.78 Å². The predicted octanol–water partition coefficient (Wildman–Crippen LogP) is 4.80. The summed E-state index contributed by atoms with van der Waals surface area (Å²) in [4.78, 5) is 17.0. The number of hydrogen-bond donors (Lipinski definition) is 0. The van der Waals surface area contributed by atoms with E-state index < -0.39 is 0 Å². The van der Waals surface area contributed by atoms with Crippen LogP contribution in [0.2, 0.25) is 0 Å². The number of ether oxygens (including phenoxy) is 1. The first-order valence-electron chi connectivity index (χ1n) is 8.38. The molecule has 0 amide bonds. The minimum absolute atomic E-state index is 0.311. The fourth-order valence-electron chi connectivity index (χ4n) is 2.63. The average Bonchev–Trinajstić information content (AvgIpc) is 3.10. The Bertz CT molecular complexity index is 917. The van der Waals surface area contributed by atoms with E-state index in [1.54, 1.807) is 13.1 Å². The largest absolute Gasteiger partial charge is 0.462 e. The molecule has 0 saturated heterocycles. The van der Waals surface area contributed by atoms with Crippen LogP contribution >= 0.6 is 15.9 Å². The summed E-state index contributed by atoms with van der Waals surface area (Å²) in [5.74, 6) is 0.201. The van der Waals surface area contributed by atoms with Gasteiger partial charge in [-0.05, 0) is 30.2 Å². The van der Waals surface area contributed by atoms with Gasteiger partial charge in [0.15, 0.2) is 0 Å². The second kappa shape index (κ2) is 8.63. The van der Waals surface area contributed by atoms with Crippen LogP contribution in [-0.4, -0.2) is 22.1 Å². The molecular formula is C21H19BrN2O2. The molecule has 5 heteroatoms. The van der Waals surface area contributed by atoms with Crippen LogP contribution in [0.5, 0.6) is 0 Å². The minimum atomic E-state index is -0.385. The van der Waals surface area contributed by atoms with E-state index >= 15 is 0 Å². The first kappa shape index (κ1) is 18.1. The van der Waals surface area contributed by atoms with Crippen molar-refractivity contribution in [1.29, 1.82) is 0 Å². The van der Waals surface area contributed by atoms with Crippen LogP contribution in [0.25, 0.3) is 11.6 Å². The zero-order valence-corrected chi connectivity index (χ0v) is 16.0. The third-order valence-electron chi connectivity index (χ3n) is 3.85. The number of esters is 1. The molecule has 0 aliphatic rings. The van der Waals surface area contributed by atoms with Crippen molar-refractivity contribution in [2.24, 2.45) is 0 Å². The summed E-state index contributed by atoms with van der Waals surface area (Å²) in [6, 6.07) is 17.8. The third-order valence-corrected chi connectivity index (χ3v) is 4.57. The Morgan fingerprint density at radius 2 is 1.88 bits per heavy atom. The highest BCUT2D eigenvalue weighted by molar-refractivity contribution is 9.10. The van der Waals surface area contributed by atoms with E-state index in [9.17, 15) is 4.79 Å². The van der Waals surface area contributed by atoms with Gasteiger partial charge in [-0.3, -0.25) is 0 Å². The van der Waals surface area contributed by atoms with E-state index in [1.165, 1.54) is 0 Å². The van der Waals surface area contributed by atoms with Gasteiger partial charge in [-0.2, -0.15) is 0 Å². The molecule has 3 aromatic rings. The normalized spacial score (nSPS) is 11.4. The minimum Gasteiger partial charge on any atom is -0.462 e. The molecule has 0 aliphatic heterocycles. The van der Waals surface area contributed by atoms with E-state index in [0.29, 0.717) is 24.5 Å². The quantitative estimate of drug-likeness (QED) is 0.433. The fourth-order valence-corrected chi connectivity index (χ4v) is 3.03. The Labute approximate surface area is 161 Å². The Balaban J connectivity index is 2.02. The van der Waals surface area contributed by atoms with Crippen LogP contribution in [0, 0.1) is 0 Å². The number of carbonyl (C=O) groups is 1. The van der Waals surface area contributed by atoms with Gasteiger partial charge in [0.1, 0.15) is 11.4 Å². The molecule has 4 nitrogen and oxygen atoms in total. The second-order valence-corrected chi connectivity index (χ2v) is 6.52. The van der Waals surface area contributed by atoms with Crippen LogP contribution < -0.4 is 0 Å². The molecule has 3 rings (SSSR count). The van der Waals surface area contributed by atoms with E-state index in [2.05, 4.69) is 20.9 Å². The van der Waals surface area contributed by atoms with Crippen molar-refractivity contribution < 1.29 is 9.53 Å². The van der Waals surface area contributed by atoms with Crippen LogP contribution in [0.15, 0.2) is 71.5 Å². The summed E-state index contributed by atoms with van der Waals surface area (Å²) in [5, 5.41) is 0. The lowest BCUT2D eigenvalue weighted by Crippen LogP contribution is -2.12. The summed E-state index contributed by atoms with van der Waals surface area (Å²) in [5.41, 5.74) is 2.46. The molecular weight excluding hydrogens is 392 g/mol. The molecule has 0 atom stereocenters. The van der Waals surface area contributed by atoms with Gasteiger partial charge in [0.05, 0.1) is 6.61 Å². The monoisotopic (exact) mass is 410 g/mol. The van der Waals surface area contributed by atoms with Crippen LogP contribution in [0.4, 0.5) is 0 Å². The van der Waals surface area contributed by atoms with Gasteiger partial charge in [0.2, 0.25) is 0 Å². The smallest absolute Gasteiger partial charge is 0.341 e. The van der Waals surface area contributed by atoms with E-state index in [0.717, 1.165) is 15.6 Å². The van der Waals surface area contributed by atoms with Crippen molar-refractivity contribution in [3.8, 4) is 0 Å². The molecule has 2 aromatic carbocycles. The predicted molar refractivity (Wildman–Crippen MR) is 106 cm³/mol. The molecule has 0 bridgehead atoms. The van der Waals surface area contributed by atoms with E-state index in [1.807, 2.05) is 71.4 Å². The maximum atomic E-state index is 12.6. The molecule has 26 heavy (non-hydrogen) atoms. The van der Waals surface area contributed by atoms with Gasteiger partial charge in [0.25, 0.3) is 0 Å². The average molecular weight is 411 g/mol. The zero-order valence-electron chi connectivity index (χ0n) is 14.4. The summed E-state index contributed by atoms with van der Waals surface area (Å²) in [6.45, 7) is 2.73. The van der Waals surface area contributed by atoms with Gasteiger partial charge >= 0.3 is 5.97 Å². The first-order chi connectivity index (χ1) is 12.7. The van der Waals surface area contributed by atoms with Gasteiger partial charge in [-0.1, -0.05) is 64.5 Å². The highest BCUT2D eigenvalue weighted by Crippen LogP contribution is 2.24. The Morgan fingerprint density at radius 3 is 2.62 bits per heavy atom. The van der Waals surface area contributed by atoms with Crippen molar-refractivity contribution in [1.82, 2.24) is 9.55 Å². The maximum Gasteiger partial charge on any atom is 0.341 e. The number of carbonyl (C=O) groups excluding carboxylic acids is 1. The Morgan fingerprint density at radius 1 is 1.15 bits per heavy atom. The van der Waals surface area contributed by atoms with Crippen LogP contribution in [0.3, 0.4) is 0 Å². The molecule has 0 N–H and O–H groups in total. The van der Waals surface area contributed by atoms with Crippen molar-refractivity contribution in [2.45, 2.75) is 13.5 Å². The van der Waals surface area contributed by atoms with E-state index in [-0.39, 0.29) is 5.97 Å². The Kier molecular flexibility index (Phi) is 6.02. The lowest BCUT2D eigenvalue weighted by atomic mass is 10.1. The number of imidazole rings is 1. The molecule has 132 valence electrons. The Hall–Kier alpha value is -2.66. The van der Waals surface area contributed by atoms with Crippen molar-refractivity contribution in [2.75, 3.05) is 6.61 Å². The number of rotatable bonds is 6. The molecule has 0 aliphatic carbocycles. The highest BCUT2D eigenvalue weighted by atomic mass is 79.9. The molecule has 0 saturated carbocycles. The molecule has 0 fully saturated rings. The summed E-state index contributed by atoms with van der Waals surface area (Å²) >= 11 is 3.52. The molecule has 0 radical (unpaired) electrons. The van der Waals surface area contributed by atoms with E-state index in [4.69, 9.17) is 4.74 Å². The number of aromatic nitrogens is 2. The van der Waals surface area contributed by atoms with Gasteiger partial charge in [0, 0.05) is 23.4 Å². The number of nitrogens with zero attached hydrogens (tertiary/aromatic N) is 2. The first-order valence-corrected chi connectivity index (χ1v) is 9.17. The lowest BCUT2D eigenvalue weighted by molar-refractivity contribution is -0.136. The molecule has 1 heterocycles. The summed E-state index contributed by atoms with van der Waals surface area (Å²) in [6.07, 6.45) is 5.38. The van der Waals surface area contributed by atoms with Crippen molar-refractivity contribution in [3.63, 3.8) is 0 Å². The molecule has 0 unspecified atom stereocenters. The van der Waals surface area contributed by atoms with Crippen molar-refractivity contribution in [3.05, 3.63) is 88.4 Å². The number of halogens is 1. The maximum absolute atomic E-state index is 12.6. The lowest BCUT2D eigenvalue weighted by Gasteiger charge is -2.11. The third kappa shape index (κ3) is 4.29. The van der Waals surface area contributed by atoms with Crippen LogP contribution in [-0.2, 0) is 16.1 Å². The van der Waals surface area contributed by atoms with Crippen molar-refractivity contribution >= 4 is 33.5 Å². The number of benzene rings is 2. The standard InChI is InChI=1S/C21H19BrN2O2/c1-2-26-21(25)18(14-17-10-6-7-11-19(17)22)20-23-12-13-24(20)15-16-8-4-3-5-9-16/h3-14H,2,15H2,1H3/b18-14+. The molecule has 0 spiro atoms. The molecule has 1 aromatic heterocycles. The summed E-state index contributed by atoms with van der Waals surface area (Å²) < 4.78 is 8.13.